The largest absolute Gasteiger partial charge is 0.480 e. The summed E-state index contributed by atoms with van der Waals surface area (Å²) >= 11 is 0. The number of nitrogens with zero attached hydrogens (tertiary/aromatic N) is 2. The van der Waals surface area contributed by atoms with E-state index in [0.717, 1.165) is 4.90 Å². The summed E-state index contributed by atoms with van der Waals surface area (Å²) in [7, 11) is 0. The minimum absolute atomic E-state index is 0.147. The first-order valence-corrected chi connectivity index (χ1v) is 5.12. The maximum absolute atomic E-state index is 11.8. The number of likely N-dealkylation sites (tertiary alicyclic amines) is 1. The van der Waals surface area contributed by atoms with Gasteiger partial charge < -0.3 is 25.7 Å². The third kappa shape index (κ3) is 3.91. The topological polar surface area (TPSA) is 124 Å². The van der Waals surface area contributed by atoms with Crippen LogP contribution in [0.2, 0.25) is 0 Å². The van der Waals surface area contributed by atoms with E-state index in [2.05, 4.69) is 0 Å². The minimum atomic E-state index is -1.22. The monoisotopic (exact) mass is 245 g/mol. The molecule has 96 valence electrons. The van der Waals surface area contributed by atoms with E-state index in [9.17, 15) is 19.5 Å². The summed E-state index contributed by atoms with van der Waals surface area (Å²) in [6.07, 6.45) is -0.150. The van der Waals surface area contributed by atoms with Gasteiger partial charge in [0.25, 0.3) is 0 Å². The van der Waals surface area contributed by atoms with Crippen molar-refractivity contribution in [2.45, 2.75) is 12.5 Å². The molecule has 1 fully saturated rings. The highest BCUT2D eigenvalue weighted by atomic mass is 16.4. The van der Waals surface area contributed by atoms with Gasteiger partial charge in [0.2, 0.25) is 5.91 Å². The zero-order chi connectivity index (χ0) is 13.0. The number of carbonyl (C=O) groups excluding carboxylic acids is 2. The molecular weight excluding hydrogens is 230 g/mol. The molecule has 1 unspecified atom stereocenters. The first kappa shape index (κ1) is 13.2. The SMILES string of the molecule is NC(=O)CN(CC(=O)O)C(=O)N1CCC(O)C1. The molecule has 0 radical (unpaired) electrons. The normalized spacial score (nSPS) is 19.1. The maximum Gasteiger partial charge on any atom is 0.323 e. The Kier molecular flexibility index (Phi) is 4.27. The van der Waals surface area contributed by atoms with Crippen LogP contribution in [0.1, 0.15) is 6.42 Å². The van der Waals surface area contributed by atoms with E-state index in [1.165, 1.54) is 4.90 Å². The lowest BCUT2D eigenvalue weighted by molar-refractivity contribution is -0.138. The van der Waals surface area contributed by atoms with Crippen LogP contribution in [0.15, 0.2) is 0 Å². The lowest BCUT2D eigenvalue weighted by Gasteiger charge is -2.25. The fourth-order valence-corrected chi connectivity index (χ4v) is 1.66. The first-order chi connectivity index (χ1) is 7.90. The van der Waals surface area contributed by atoms with Gasteiger partial charge in [-0.2, -0.15) is 0 Å². The fraction of sp³-hybridized carbons (Fsp3) is 0.667. The van der Waals surface area contributed by atoms with Gasteiger partial charge in [0.1, 0.15) is 13.1 Å². The van der Waals surface area contributed by atoms with Gasteiger partial charge in [-0.05, 0) is 6.42 Å². The maximum atomic E-state index is 11.8. The van der Waals surface area contributed by atoms with Gasteiger partial charge in [0, 0.05) is 13.1 Å². The molecule has 8 nitrogen and oxygen atoms in total. The second-order valence-electron chi connectivity index (χ2n) is 3.89. The number of aliphatic hydroxyl groups excluding tert-OH is 1. The molecule has 17 heavy (non-hydrogen) atoms. The highest BCUT2D eigenvalue weighted by molar-refractivity contribution is 5.86. The lowest BCUT2D eigenvalue weighted by Crippen LogP contribution is -2.48. The molecule has 4 N–H and O–H groups in total. The van der Waals surface area contributed by atoms with Gasteiger partial charge in [-0.25, -0.2) is 4.79 Å². The fourth-order valence-electron chi connectivity index (χ4n) is 1.66. The Balaban J connectivity index is 2.64. The summed E-state index contributed by atoms with van der Waals surface area (Å²) in [6, 6.07) is -0.595. The molecule has 0 saturated carbocycles. The van der Waals surface area contributed by atoms with Crippen LogP contribution in [-0.2, 0) is 9.59 Å². The average Bonchev–Trinajstić information content (AvgIpc) is 2.61. The van der Waals surface area contributed by atoms with E-state index in [-0.39, 0.29) is 6.54 Å². The number of carboxylic acid groups (broad SMARTS) is 1. The standard InChI is InChI=1S/C9H15N3O5/c10-7(14)4-12(5-8(15)16)9(17)11-2-1-6(13)3-11/h6,13H,1-5H2,(H2,10,14)(H,15,16). The van der Waals surface area contributed by atoms with E-state index >= 15 is 0 Å². The molecule has 0 aliphatic carbocycles. The number of rotatable bonds is 4. The molecule has 3 amide bonds. The molecule has 1 aliphatic rings. The Morgan fingerprint density at radius 3 is 2.41 bits per heavy atom. The molecule has 1 aliphatic heterocycles. The average molecular weight is 245 g/mol. The minimum Gasteiger partial charge on any atom is -0.480 e. The summed E-state index contributed by atoms with van der Waals surface area (Å²) < 4.78 is 0. The number of aliphatic carboxylic acids is 1. The quantitative estimate of drug-likeness (QED) is 0.530. The Labute approximate surface area is 97.6 Å². The lowest BCUT2D eigenvalue weighted by atomic mass is 10.3. The van der Waals surface area contributed by atoms with Crippen LogP contribution in [0, 0.1) is 0 Å². The number of hydrogen-bond acceptors (Lipinski definition) is 4. The van der Waals surface area contributed by atoms with Crippen molar-refractivity contribution in [1.29, 1.82) is 0 Å². The Morgan fingerprint density at radius 2 is 2.00 bits per heavy atom. The molecule has 0 aromatic carbocycles. The van der Waals surface area contributed by atoms with Crippen LogP contribution >= 0.6 is 0 Å². The molecule has 0 spiro atoms. The van der Waals surface area contributed by atoms with Crippen LogP contribution in [0.3, 0.4) is 0 Å². The number of carbonyl (C=O) groups is 3. The number of nitrogens with two attached hydrogens (primary N) is 1. The van der Waals surface area contributed by atoms with Gasteiger partial charge in [-0.3, -0.25) is 9.59 Å². The van der Waals surface area contributed by atoms with Crippen LogP contribution in [0.5, 0.6) is 0 Å². The van der Waals surface area contributed by atoms with E-state index in [0.29, 0.717) is 13.0 Å². The summed E-state index contributed by atoms with van der Waals surface area (Å²) in [5.74, 6) is -2.00. The summed E-state index contributed by atoms with van der Waals surface area (Å²) in [6.45, 7) is -0.547. The van der Waals surface area contributed by atoms with Crippen molar-refractivity contribution >= 4 is 17.9 Å². The van der Waals surface area contributed by atoms with Gasteiger partial charge in [0.15, 0.2) is 0 Å². The summed E-state index contributed by atoms with van der Waals surface area (Å²) in [4.78, 5) is 35.3. The zero-order valence-electron chi connectivity index (χ0n) is 9.20. The van der Waals surface area contributed by atoms with Crippen LogP contribution in [-0.4, -0.2) is 70.2 Å². The van der Waals surface area contributed by atoms with Gasteiger partial charge >= 0.3 is 12.0 Å². The molecule has 1 atom stereocenters. The van der Waals surface area contributed by atoms with Crippen molar-refractivity contribution in [3.8, 4) is 0 Å². The Morgan fingerprint density at radius 1 is 1.35 bits per heavy atom. The van der Waals surface area contributed by atoms with Crippen molar-refractivity contribution in [1.82, 2.24) is 9.80 Å². The summed E-state index contributed by atoms with van der Waals surface area (Å²) in [5, 5.41) is 17.9. The van der Waals surface area contributed by atoms with E-state index in [1.54, 1.807) is 0 Å². The predicted octanol–water partition coefficient (Wildman–Crippen LogP) is -1.96. The Bertz CT molecular complexity index is 317. The molecule has 1 rings (SSSR count). The summed E-state index contributed by atoms with van der Waals surface area (Å²) in [5.41, 5.74) is 4.94. The number of carboxylic acids is 1. The van der Waals surface area contributed by atoms with Crippen molar-refractivity contribution in [3.63, 3.8) is 0 Å². The van der Waals surface area contributed by atoms with Crippen molar-refractivity contribution < 1.29 is 24.6 Å². The highest BCUT2D eigenvalue weighted by Gasteiger charge is 2.29. The molecule has 1 heterocycles. The number of urea groups is 1. The smallest absolute Gasteiger partial charge is 0.323 e. The molecule has 0 aromatic heterocycles. The van der Waals surface area contributed by atoms with E-state index < -0.39 is 37.1 Å². The number of amides is 3. The van der Waals surface area contributed by atoms with Crippen molar-refractivity contribution in [2.75, 3.05) is 26.2 Å². The zero-order valence-corrected chi connectivity index (χ0v) is 9.20. The van der Waals surface area contributed by atoms with E-state index in [4.69, 9.17) is 10.8 Å². The second-order valence-corrected chi connectivity index (χ2v) is 3.89. The molecule has 1 saturated heterocycles. The highest BCUT2D eigenvalue weighted by Crippen LogP contribution is 2.11. The molecular formula is C9H15N3O5. The molecule has 0 bridgehead atoms. The first-order valence-electron chi connectivity index (χ1n) is 5.12. The number of aliphatic hydroxyl groups is 1. The van der Waals surface area contributed by atoms with Gasteiger partial charge in [-0.1, -0.05) is 0 Å². The van der Waals surface area contributed by atoms with Gasteiger partial charge in [-0.15, -0.1) is 0 Å². The van der Waals surface area contributed by atoms with Crippen molar-refractivity contribution in [3.05, 3.63) is 0 Å². The molecule has 8 heteroatoms. The second kappa shape index (κ2) is 5.48. The third-order valence-corrected chi connectivity index (χ3v) is 2.38. The van der Waals surface area contributed by atoms with Crippen LogP contribution < -0.4 is 5.73 Å². The van der Waals surface area contributed by atoms with E-state index in [1.807, 2.05) is 0 Å². The van der Waals surface area contributed by atoms with Crippen LogP contribution in [0.4, 0.5) is 4.79 Å². The van der Waals surface area contributed by atoms with Crippen LogP contribution in [0.25, 0.3) is 0 Å². The number of β-amino-alcohol motifs (C(OH)–C–C–N with tert-alkyl or cyclic N) is 1. The Hall–Kier alpha value is -1.83. The third-order valence-electron chi connectivity index (χ3n) is 2.38. The van der Waals surface area contributed by atoms with Crippen molar-refractivity contribution in [2.24, 2.45) is 5.73 Å². The molecule has 0 aromatic rings. The van der Waals surface area contributed by atoms with Gasteiger partial charge in [0.05, 0.1) is 6.10 Å². The number of hydrogen-bond donors (Lipinski definition) is 3. The predicted molar refractivity (Wildman–Crippen MR) is 56.0 cm³/mol. The number of primary amides is 1.